The SMILES string of the molecule is Cc1cc(F)ccc1Cc1cnc2c(c1)N(C(=O)CN1C[C@@H](C)NC[C@@H]1CN1C[C@H](CO)OC[C@H]1C)CC2(C)C. The van der Waals surface area contributed by atoms with E-state index in [9.17, 15) is 14.3 Å². The topological polar surface area (TPSA) is 81.2 Å². The number of hydrogen-bond donors (Lipinski definition) is 2. The molecule has 1 aromatic carbocycles. The first kappa shape index (κ1) is 29.1. The summed E-state index contributed by atoms with van der Waals surface area (Å²) in [5, 5.41) is 13.2. The van der Waals surface area contributed by atoms with E-state index < -0.39 is 0 Å². The molecule has 9 heteroatoms. The first-order valence-electron chi connectivity index (χ1n) is 14.5. The van der Waals surface area contributed by atoms with E-state index in [1.807, 2.05) is 24.1 Å². The summed E-state index contributed by atoms with van der Waals surface area (Å²) in [6.45, 7) is 15.2. The second kappa shape index (κ2) is 11.8. The van der Waals surface area contributed by atoms with Crippen LogP contribution in [0.25, 0.3) is 0 Å². The third-order valence-corrected chi connectivity index (χ3v) is 8.76. The van der Waals surface area contributed by atoms with E-state index in [-0.39, 0.29) is 41.9 Å². The quantitative estimate of drug-likeness (QED) is 0.545. The molecule has 3 aliphatic rings. The van der Waals surface area contributed by atoms with E-state index >= 15 is 0 Å². The van der Waals surface area contributed by atoms with Crippen LogP contribution in [0, 0.1) is 12.7 Å². The van der Waals surface area contributed by atoms with Crippen molar-refractivity contribution in [1.82, 2.24) is 20.1 Å². The summed E-state index contributed by atoms with van der Waals surface area (Å²) in [6.07, 6.45) is 2.37. The molecule has 2 N–H and O–H groups in total. The summed E-state index contributed by atoms with van der Waals surface area (Å²) >= 11 is 0. The predicted octanol–water partition coefficient (Wildman–Crippen LogP) is 2.49. The van der Waals surface area contributed by atoms with Gasteiger partial charge in [0.2, 0.25) is 5.91 Å². The van der Waals surface area contributed by atoms with Gasteiger partial charge >= 0.3 is 0 Å². The number of aliphatic hydroxyl groups is 1. The number of rotatable bonds is 7. The molecule has 0 unspecified atom stereocenters. The van der Waals surface area contributed by atoms with Crippen LogP contribution in [-0.4, -0.2) is 103 Å². The molecular weight excluding hydrogens is 509 g/mol. The smallest absolute Gasteiger partial charge is 0.241 e. The van der Waals surface area contributed by atoms with E-state index in [2.05, 4.69) is 48.9 Å². The number of carbonyl (C=O) groups is 1. The van der Waals surface area contributed by atoms with Crippen LogP contribution in [0.2, 0.25) is 0 Å². The van der Waals surface area contributed by atoms with E-state index in [0.29, 0.717) is 38.7 Å². The summed E-state index contributed by atoms with van der Waals surface area (Å²) in [5.74, 6) is -0.144. The number of pyridine rings is 1. The van der Waals surface area contributed by atoms with Gasteiger partial charge in [0, 0.05) is 62.5 Å². The zero-order valence-electron chi connectivity index (χ0n) is 24.5. The van der Waals surface area contributed by atoms with Crippen molar-refractivity contribution < 1.29 is 19.0 Å². The lowest BCUT2D eigenvalue weighted by molar-refractivity contribution is -0.121. The fourth-order valence-electron chi connectivity index (χ4n) is 6.35. The van der Waals surface area contributed by atoms with Gasteiger partial charge in [-0.05, 0) is 62.1 Å². The molecule has 4 heterocycles. The fourth-order valence-corrected chi connectivity index (χ4v) is 6.35. The van der Waals surface area contributed by atoms with Crippen molar-refractivity contribution in [1.29, 1.82) is 0 Å². The van der Waals surface area contributed by atoms with Crippen LogP contribution in [0.5, 0.6) is 0 Å². The highest BCUT2D eigenvalue weighted by molar-refractivity contribution is 5.97. The molecule has 4 atom stereocenters. The molecule has 40 heavy (non-hydrogen) atoms. The third-order valence-electron chi connectivity index (χ3n) is 8.76. The number of benzene rings is 1. The minimum atomic E-state index is -0.242. The molecule has 8 nitrogen and oxygen atoms in total. The Kier molecular flexibility index (Phi) is 8.59. The molecule has 1 aromatic heterocycles. The van der Waals surface area contributed by atoms with Gasteiger partial charge in [0.25, 0.3) is 0 Å². The lowest BCUT2D eigenvalue weighted by Crippen LogP contribution is -2.62. The molecule has 1 amide bonds. The lowest BCUT2D eigenvalue weighted by atomic mass is 9.91. The van der Waals surface area contributed by atoms with E-state index in [0.717, 1.165) is 47.7 Å². The number of aryl methyl sites for hydroxylation is 1. The maximum Gasteiger partial charge on any atom is 0.241 e. The molecule has 5 rings (SSSR count). The van der Waals surface area contributed by atoms with E-state index in [1.54, 1.807) is 6.07 Å². The Morgan fingerprint density at radius 1 is 1.23 bits per heavy atom. The first-order chi connectivity index (χ1) is 19.0. The van der Waals surface area contributed by atoms with Gasteiger partial charge in [0.1, 0.15) is 5.82 Å². The van der Waals surface area contributed by atoms with Crippen molar-refractivity contribution in [3.63, 3.8) is 0 Å². The van der Waals surface area contributed by atoms with Crippen molar-refractivity contribution in [3.05, 3.63) is 58.7 Å². The van der Waals surface area contributed by atoms with Gasteiger partial charge in [0.15, 0.2) is 0 Å². The third kappa shape index (κ3) is 6.24. The number of ether oxygens (including phenoxy) is 1. The van der Waals surface area contributed by atoms with Crippen molar-refractivity contribution >= 4 is 11.6 Å². The molecule has 0 saturated carbocycles. The Morgan fingerprint density at radius 3 is 2.77 bits per heavy atom. The average molecular weight is 554 g/mol. The number of aliphatic hydroxyl groups excluding tert-OH is 1. The van der Waals surface area contributed by atoms with Gasteiger partial charge in [-0.15, -0.1) is 0 Å². The Balaban J connectivity index is 1.33. The summed E-state index contributed by atoms with van der Waals surface area (Å²) in [5.41, 5.74) is 4.57. The van der Waals surface area contributed by atoms with Gasteiger partial charge in [-0.2, -0.15) is 0 Å². The Morgan fingerprint density at radius 2 is 2.02 bits per heavy atom. The molecule has 0 spiro atoms. The number of halogens is 1. The maximum atomic E-state index is 14.0. The minimum Gasteiger partial charge on any atom is -0.394 e. The number of amides is 1. The Labute approximate surface area is 237 Å². The predicted molar refractivity (Wildman–Crippen MR) is 154 cm³/mol. The maximum absolute atomic E-state index is 14.0. The molecule has 0 bridgehead atoms. The fraction of sp³-hybridized carbons (Fsp3) is 0.613. The molecule has 3 aliphatic heterocycles. The monoisotopic (exact) mass is 553 g/mol. The van der Waals surface area contributed by atoms with Crippen LogP contribution in [0.3, 0.4) is 0 Å². The number of nitrogens with one attached hydrogen (secondary N) is 1. The van der Waals surface area contributed by atoms with E-state index in [4.69, 9.17) is 9.72 Å². The van der Waals surface area contributed by atoms with E-state index in [1.165, 1.54) is 6.07 Å². The highest BCUT2D eigenvalue weighted by Crippen LogP contribution is 2.40. The number of carbonyl (C=O) groups excluding carboxylic acids is 1. The zero-order valence-corrected chi connectivity index (χ0v) is 24.5. The summed E-state index contributed by atoms with van der Waals surface area (Å²) in [7, 11) is 0. The van der Waals surface area contributed by atoms with Crippen LogP contribution in [0.15, 0.2) is 30.5 Å². The molecule has 0 radical (unpaired) electrons. The first-order valence-corrected chi connectivity index (χ1v) is 14.5. The standard InChI is InChI=1S/C31H44FN5O3/c1-20-8-25(32)7-6-24(20)9-23-10-28-30(34-11-23)31(4,5)19-37(28)29(39)16-36-13-21(2)33-12-26(36)14-35-15-27(17-38)40-18-22(35)3/h6-8,10-11,21-22,26-27,33,38H,9,12-19H2,1-5H3/t21-,22-,26-,27-/m1/s1. The van der Waals surface area contributed by atoms with Gasteiger partial charge in [-0.3, -0.25) is 19.6 Å². The zero-order chi connectivity index (χ0) is 28.6. The van der Waals surface area contributed by atoms with Crippen molar-refractivity contribution in [3.8, 4) is 0 Å². The van der Waals surface area contributed by atoms with Crippen molar-refractivity contribution in [2.24, 2.45) is 0 Å². The number of anilines is 1. The van der Waals surface area contributed by atoms with Crippen LogP contribution >= 0.6 is 0 Å². The van der Waals surface area contributed by atoms with Crippen molar-refractivity contribution in [2.45, 2.75) is 70.7 Å². The number of fused-ring (bicyclic) bond motifs is 1. The van der Waals surface area contributed by atoms with Gasteiger partial charge in [-0.25, -0.2) is 4.39 Å². The summed E-state index contributed by atoms with van der Waals surface area (Å²) in [6, 6.07) is 7.72. The molecule has 2 saturated heterocycles. The van der Waals surface area contributed by atoms with Gasteiger partial charge in [0.05, 0.1) is 37.2 Å². The summed E-state index contributed by atoms with van der Waals surface area (Å²) < 4.78 is 19.4. The molecule has 0 aliphatic carbocycles. The van der Waals surface area contributed by atoms with Gasteiger partial charge < -0.3 is 20.1 Å². The number of morpholine rings is 1. The molecule has 218 valence electrons. The number of piperazine rings is 1. The average Bonchev–Trinajstić information content (AvgIpc) is 3.18. The molecule has 2 aromatic rings. The Hall–Kier alpha value is -2.43. The molecular formula is C31H44FN5O3. The number of aromatic nitrogens is 1. The van der Waals surface area contributed by atoms with Crippen LogP contribution in [0.1, 0.15) is 50.1 Å². The second-order valence-corrected chi connectivity index (χ2v) is 12.7. The lowest BCUT2D eigenvalue weighted by Gasteiger charge is -2.45. The molecule has 2 fully saturated rings. The number of nitrogens with zero attached hydrogens (tertiary/aromatic N) is 4. The number of hydrogen-bond acceptors (Lipinski definition) is 7. The van der Waals surface area contributed by atoms with Crippen LogP contribution in [0.4, 0.5) is 10.1 Å². The van der Waals surface area contributed by atoms with Crippen molar-refractivity contribution in [2.75, 3.05) is 57.4 Å². The van der Waals surface area contributed by atoms with Crippen LogP contribution in [-0.2, 0) is 21.4 Å². The highest BCUT2D eigenvalue weighted by Gasteiger charge is 2.41. The normalized spacial score (nSPS) is 27.1. The Bertz CT molecular complexity index is 1220. The minimum absolute atomic E-state index is 0.0201. The second-order valence-electron chi connectivity index (χ2n) is 12.7. The van der Waals surface area contributed by atoms with Gasteiger partial charge in [-0.1, -0.05) is 19.9 Å². The van der Waals surface area contributed by atoms with Crippen LogP contribution < -0.4 is 10.2 Å². The summed E-state index contributed by atoms with van der Waals surface area (Å²) in [4.78, 5) is 25.4. The highest BCUT2D eigenvalue weighted by atomic mass is 19.1. The largest absolute Gasteiger partial charge is 0.394 e.